The highest BCUT2D eigenvalue weighted by Gasteiger charge is 2.26. The average molecular weight is 475 g/mol. The fourth-order valence-electron chi connectivity index (χ4n) is 3.82. The summed E-state index contributed by atoms with van der Waals surface area (Å²) in [4.78, 5) is 40.2. The summed E-state index contributed by atoms with van der Waals surface area (Å²) in [7, 11) is 1.57. The van der Waals surface area contributed by atoms with E-state index in [9.17, 15) is 19.5 Å². The van der Waals surface area contributed by atoms with Crippen LogP contribution in [0.5, 0.6) is 0 Å². The molecule has 0 saturated carbocycles. The van der Waals surface area contributed by atoms with Crippen LogP contribution in [-0.4, -0.2) is 42.4 Å². The molecule has 0 saturated heterocycles. The van der Waals surface area contributed by atoms with E-state index in [0.29, 0.717) is 19.6 Å². The summed E-state index contributed by atoms with van der Waals surface area (Å²) in [5, 5.41) is 20.7. The summed E-state index contributed by atoms with van der Waals surface area (Å²) in [6.45, 7) is 0.940. The van der Waals surface area contributed by atoms with E-state index in [-0.39, 0.29) is 17.8 Å². The molecule has 3 aromatic carbocycles. The summed E-state index contributed by atoms with van der Waals surface area (Å²) in [6.07, 6.45) is 2.51. The number of anilines is 4. The van der Waals surface area contributed by atoms with Gasteiger partial charge in [0, 0.05) is 44.0 Å². The van der Waals surface area contributed by atoms with Crippen molar-refractivity contribution < 1.29 is 14.6 Å². The normalized spacial score (nSPS) is 11.9. The molecular weight excluding hydrogens is 448 g/mol. The molecule has 1 unspecified atom stereocenters. The minimum atomic E-state index is -1.12. The van der Waals surface area contributed by atoms with Gasteiger partial charge in [0.1, 0.15) is 23.2 Å². The van der Waals surface area contributed by atoms with Gasteiger partial charge in [-0.25, -0.2) is 9.78 Å². The Bertz CT molecular complexity index is 1390. The van der Waals surface area contributed by atoms with Gasteiger partial charge < -0.3 is 25.8 Å². The summed E-state index contributed by atoms with van der Waals surface area (Å²) in [6, 6.07) is 16.1. The zero-order valence-electron chi connectivity index (χ0n) is 19.2. The van der Waals surface area contributed by atoms with Crippen molar-refractivity contribution in [2.75, 3.05) is 36.2 Å². The van der Waals surface area contributed by atoms with Gasteiger partial charge in [0.2, 0.25) is 0 Å². The van der Waals surface area contributed by atoms with Crippen LogP contribution in [0.4, 0.5) is 22.9 Å². The fraction of sp³-hybridized carbons (Fsp3) is 0.231. The highest BCUT2D eigenvalue weighted by Crippen LogP contribution is 2.24. The first-order valence-corrected chi connectivity index (χ1v) is 11.2. The van der Waals surface area contributed by atoms with Gasteiger partial charge in [-0.3, -0.25) is 9.59 Å². The molecule has 0 aliphatic heterocycles. The average Bonchev–Trinajstić information content (AvgIpc) is 2.88. The minimum Gasteiger partial charge on any atom is -0.480 e. The lowest BCUT2D eigenvalue weighted by atomic mass is 10.0. The number of fused-ring (bicyclic) bond motifs is 1. The molecule has 0 spiro atoms. The predicted octanol–water partition coefficient (Wildman–Crippen LogP) is 3.13. The second-order valence-electron chi connectivity index (χ2n) is 8.12. The molecule has 0 aliphatic carbocycles. The minimum absolute atomic E-state index is 0.0140. The molecule has 1 atom stereocenters. The number of rotatable bonds is 12. The second-order valence-corrected chi connectivity index (χ2v) is 8.12. The third-order valence-electron chi connectivity index (χ3n) is 5.68. The molecule has 0 radical (unpaired) electrons. The van der Waals surface area contributed by atoms with Crippen molar-refractivity contribution in [3.63, 3.8) is 0 Å². The van der Waals surface area contributed by atoms with Crippen molar-refractivity contribution in [2.24, 2.45) is 0 Å². The van der Waals surface area contributed by atoms with Gasteiger partial charge in [-0.2, -0.15) is 0 Å². The molecule has 0 fully saturated rings. The molecule has 1 heterocycles. The molecule has 4 aromatic rings. The summed E-state index contributed by atoms with van der Waals surface area (Å²) >= 11 is 0. The fourth-order valence-corrected chi connectivity index (χ4v) is 3.82. The van der Waals surface area contributed by atoms with Gasteiger partial charge in [-0.15, -0.1) is 0 Å². The molecule has 35 heavy (non-hydrogen) atoms. The molecule has 0 bridgehead atoms. The smallest absolute Gasteiger partial charge is 0.326 e. The van der Waals surface area contributed by atoms with Gasteiger partial charge in [-0.05, 0) is 35.6 Å². The topological polar surface area (TPSA) is 130 Å². The summed E-state index contributed by atoms with van der Waals surface area (Å²) in [5.74, 6) is -0.392. The highest BCUT2D eigenvalue weighted by molar-refractivity contribution is 5.93. The van der Waals surface area contributed by atoms with Crippen LogP contribution in [0.2, 0.25) is 0 Å². The third-order valence-corrected chi connectivity index (χ3v) is 5.68. The summed E-state index contributed by atoms with van der Waals surface area (Å²) < 4.78 is 4.96. The van der Waals surface area contributed by atoms with Crippen molar-refractivity contribution >= 4 is 39.6 Å². The number of methoxy groups -OCH3 is 1. The zero-order valence-corrected chi connectivity index (χ0v) is 19.2. The zero-order chi connectivity index (χ0) is 24.8. The first kappa shape index (κ1) is 23.9. The number of carboxylic acids is 1. The number of nitrogens with zero attached hydrogens (tertiary/aromatic N) is 1. The molecule has 4 N–H and O–H groups in total. The van der Waals surface area contributed by atoms with Crippen molar-refractivity contribution in [1.29, 1.82) is 0 Å². The van der Waals surface area contributed by atoms with E-state index in [0.717, 1.165) is 27.8 Å². The Labute approximate surface area is 201 Å². The number of aromatic nitrogens is 1. The van der Waals surface area contributed by atoms with Crippen LogP contribution in [-0.2, 0) is 16.0 Å². The predicted molar refractivity (Wildman–Crippen MR) is 137 cm³/mol. The number of carbonyl (C=O) groups is 1. The maximum Gasteiger partial charge on any atom is 0.326 e. The second kappa shape index (κ2) is 10.8. The molecule has 9 nitrogen and oxygen atoms in total. The number of aliphatic carboxylic acids is 1. The van der Waals surface area contributed by atoms with Crippen molar-refractivity contribution in [3.8, 4) is 0 Å². The van der Waals surface area contributed by atoms with Crippen LogP contribution in [0.25, 0.3) is 10.8 Å². The van der Waals surface area contributed by atoms with E-state index in [1.54, 1.807) is 13.3 Å². The van der Waals surface area contributed by atoms with Gasteiger partial charge in [-0.1, -0.05) is 36.4 Å². The van der Waals surface area contributed by atoms with Gasteiger partial charge in [0.05, 0.1) is 0 Å². The van der Waals surface area contributed by atoms with Crippen molar-refractivity contribution in [3.05, 3.63) is 86.8 Å². The van der Waals surface area contributed by atoms with Gasteiger partial charge >= 0.3 is 5.97 Å². The van der Waals surface area contributed by atoms with E-state index >= 15 is 0 Å². The molecule has 9 heteroatoms. The number of nitrogens with one attached hydrogen (secondary N) is 3. The lowest BCUT2D eigenvalue weighted by molar-refractivity contribution is -0.137. The first-order valence-electron chi connectivity index (χ1n) is 11.2. The maximum atomic E-state index is 12.0. The number of hydrogen-bond donors (Lipinski definition) is 4. The number of carboxylic acid groups (broad SMARTS) is 1. The van der Waals surface area contributed by atoms with Crippen LogP contribution in [0, 0.1) is 0 Å². The molecule has 180 valence electrons. The Hall–Kier alpha value is -4.24. The standard InChI is InChI=1S/C26H26N4O5/c1-35-14-4-12-27-21-22(24(32)23(21)31)30-20(26(33)34)15-16-7-9-18(10-8-16)29-25-19-6-3-2-5-17(19)11-13-28-25/h2-3,5-11,13,20,27,30H,4,12,14-15H2,1H3,(H,28,29)(H,33,34). The van der Waals surface area contributed by atoms with Crippen LogP contribution >= 0.6 is 0 Å². The Morgan fingerprint density at radius 3 is 2.51 bits per heavy atom. The van der Waals surface area contributed by atoms with E-state index in [4.69, 9.17) is 4.74 Å². The summed E-state index contributed by atoms with van der Waals surface area (Å²) in [5.41, 5.74) is 0.343. The van der Waals surface area contributed by atoms with Crippen LogP contribution in [0.3, 0.4) is 0 Å². The Morgan fingerprint density at radius 1 is 1.03 bits per heavy atom. The largest absolute Gasteiger partial charge is 0.480 e. The SMILES string of the molecule is COCCCNc1c(NC(Cc2ccc(Nc3nccc4ccccc34)cc2)C(=O)O)c(=O)c1=O. The Morgan fingerprint density at radius 2 is 1.77 bits per heavy atom. The molecule has 1 aromatic heterocycles. The van der Waals surface area contributed by atoms with E-state index in [1.165, 1.54) is 0 Å². The number of benzene rings is 2. The lowest BCUT2D eigenvalue weighted by Gasteiger charge is -2.20. The van der Waals surface area contributed by atoms with Crippen LogP contribution in [0.15, 0.2) is 70.4 Å². The van der Waals surface area contributed by atoms with Crippen molar-refractivity contribution in [1.82, 2.24) is 4.98 Å². The quantitative estimate of drug-likeness (QED) is 0.181. The number of pyridine rings is 1. The van der Waals surface area contributed by atoms with Crippen LogP contribution < -0.4 is 26.8 Å². The molecule has 4 rings (SSSR count). The lowest BCUT2D eigenvalue weighted by Crippen LogP contribution is -2.42. The third kappa shape index (κ3) is 5.47. The highest BCUT2D eigenvalue weighted by atomic mass is 16.5. The van der Waals surface area contributed by atoms with Crippen molar-refractivity contribution in [2.45, 2.75) is 18.9 Å². The van der Waals surface area contributed by atoms with Crippen LogP contribution in [0.1, 0.15) is 12.0 Å². The molecule has 0 aliphatic rings. The number of ether oxygens (including phenoxy) is 1. The van der Waals surface area contributed by atoms with Gasteiger partial charge in [0.25, 0.3) is 10.9 Å². The van der Waals surface area contributed by atoms with Gasteiger partial charge in [0.15, 0.2) is 0 Å². The Balaban J connectivity index is 1.43. The Kier molecular flexibility index (Phi) is 7.37. The number of hydrogen-bond acceptors (Lipinski definition) is 8. The monoisotopic (exact) mass is 474 g/mol. The van der Waals surface area contributed by atoms with E-state index in [1.807, 2.05) is 54.6 Å². The molecule has 0 amide bonds. The first-order chi connectivity index (χ1) is 17.0. The van der Waals surface area contributed by atoms with E-state index in [2.05, 4.69) is 20.9 Å². The van der Waals surface area contributed by atoms with E-state index < -0.39 is 22.9 Å². The maximum absolute atomic E-state index is 12.0. The molecular formula is C26H26N4O5.